The zero-order valence-electron chi connectivity index (χ0n) is 12.6. The van der Waals surface area contributed by atoms with Crippen LogP contribution in [0.2, 0.25) is 0 Å². The molecule has 2 aliphatic heterocycles. The molecule has 2 aliphatic rings. The van der Waals surface area contributed by atoms with Crippen molar-refractivity contribution in [1.82, 2.24) is 10.2 Å². The number of benzene rings is 1. The van der Waals surface area contributed by atoms with E-state index in [0.29, 0.717) is 12.6 Å². The van der Waals surface area contributed by atoms with E-state index in [9.17, 15) is 4.39 Å². The Balaban J connectivity index is 1.66. The minimum absolute atomic E-state index is 0.0924. The van der Waals surface area contributed by atoms with Crippen molar-refractivity contribution in [2.75, 3.05) is 50.8 Å². The van der Waals surface area contributed by atoms with Gasteiger partial charge in [0.1, 0.15) is 5.82 Å². The van der Waals surface area contributed by atoms with E-state index in [1.807, 2.05) is 12.1 Å². The van der Waals surface area contributed by atoms with Crippen molar-refractivity contribution in [3.8, 4) is 0 Å². The van der Waals surface area contributed by atoms with E-state index in [1.165, 1.54) is 0 Å². The predicted molar refractivity (Wildman–Crippen MR) is 82.2 cm³/mol. The van der Waals surface area contributed by atoms with Gasteiger partial charge in [0.25, 0.3) is 0 Å². The van der Waals surface area contributed by atoms with Crippen LogP contribution >= 0.6 is 0 Å². The van der Waals surface area contributed by atoms with E-state index < -0.39 is 0 Å². The predicted octanol–water partition coefficient (Wildman–Crippen LogP) is 1.46. The van der Waals surface area contributed by atoms with E-state index >= 15 is 0 Å². The molecule has 0 radical (unpaired) electrons. The van der Waals surface area contributed by atoms with Crippen LogP contribution in [-0.4, -0.2) is 56.9 Å². The van der Waals surface area contributed by atoms with Crippen LogP contribution in [0.15, 0.2) is 18.2 Å². The molecule has 0 unspecified atom stereocenters. The second kappa shape index (κ2) is 6.73. The molecule has 0 aliphatic carbocycles. The van der Waals surface area contributed by atoms with Crippen LogP contribution < -0.4 is 10.2 Å². The van der Waals surface area contributed by atoms with Gasteiger partial charge in [0, 0.05) is 56.6 Å². The van der Waals surface area contributed by atoms with E-state index in [-0.39, 0.29) is 5.82 Å². The summed E-state index contributed by atoms with van der Waals surface area (Å²) in [6, 6.07) is 6.13. The molecule has 21 heavy (non-hydrogen) atoms. The summed E-state index contributed by atoms with van der Waals surface area (Å²) in [5, 5.41) is 3.41. The number of halogens is 1. The standard InChI is InChI=1S/C16H24FN3O/c1-13-11-19(5-4-18-13)12-14-2-3-15(10-16(14)17)20-6-8-21-9-7-20/h2-3,10,13,18H,4-9,11-12H2,1H3/t13-/m1/s1. The number of hydrogen-bond acceptors (Lipinski definition) is 4. The zero-order valence-corrected chi connectivity index (χ0v) is 12.6. The van der Waals surface area contributed by atoms with Gasteiger partial charge in [-0.15, -0.1) is 0 Å². The number of morpholine rings is 1. The van der Waals surface area contributed by atoms with Crippen molar-refractivity contribution in [2.24, 2.45) is 0 Å². The summed E-state index contributed by atoms with van der Waals surface area (Å²) in [6.07, 6.45) is 0. The first-order chi connectivity index (χ1) is 10.2. The Morgan fingerprint density at radius 2 is 2.10 bits per heavy atom. The summed E-state index contributed by atoms with van der Waals surface area (Å²) in [7, 11) is 0. The first-order valence-corrected chi connectivity index (χ1v) is 7.79. The molecular formula is C16H24FN3O. The number of rotatable bonds is 3. The lowest BCUT2D eigenvalue weighted by molar-refractivity contribution is 0.122. The van der Waals surface area contributed by atoms with Crippen molar-refractivity contribution in [3.05, 3.63) is 29.6 Å². The number of nitrogens with zero attached hydrogens (tertiary/aromatic N) is 2. The van der Waals surface area contributed by atoms with Gasteiger partial charge in [0.05, 0.1) is 13.2 Å². The second-order valence-electron chi connectivity index (χ2n) is 5.97. The van der Waals surface area contributed by atoms with Crippen molar-refractivity contribution < 1.29 is 9.13 Å². The average molecular weight is 293 g/mol. The monoisotopic (exact) mass is 293 g/mol. The number of nitrogens with one attached hydrogen (secondary N) is 1. The van der Waals surface area contributed by atoms with Crippen molar-refractivity contribution in [3.63, 3.8) is 0 Å². The lowest BCUT2D eigenvalue weighted by Gasteiger charge is -2.32. The van der Waals surface area contributed by atoms with Crippen LogP contribution in [0.4, 0.5) is 10.1 Å². The summed E-state index contributed by atoms with van der Waals surface area (Å²) >= 11 is 0. The van der Waals surface area contributed by atoms with Gasteiger partial charge in [-0.3, -0.25) is 4.90 Å². The Labute approximate surface area is 125 Å². The maximum absolute atomic E-state index is 14.4. The van der Waals surface area contributed by atoms with Crippen LogP contribution in [-0.2, 0) is 11.3 Å². The van der Waals surface area contributed by atoms with E-state index in [1.54, 1.807) is 6.07 Å². The van der Waals surface area contributed by atoms with Gasteiger partial charge in [-0.2, -0.15) is 0 Å². The van der Waals surface area contributed by atoms with Gasteiger partial charge in [-0.25, -0.2) is 4.39 Å². The Morgan fingerprint density at radius 3 is 2.81 bits per heavy atom. The molecule has 0 amide bonds. The first-order valence-electron chi connectivity index (χ1n) is 7.79. The normalized spacial score (nSPS) is 24.3. The molecule has 0 saturated carbocycles. The fourth-order valence-corrected chi connectivity index (χ4v) is 3.08. The number of hydrogen-bond donors (Lipinski definition) is 1. The lowest BCUT2D eigenvalue weighted by Crippen LogP contribution is -2.48. The largest absolute Gasteiger partial charge is 0.378 e. The number of piperazine rings is 1. The molecular weight excluding hydrogens is 269 g/mol. The van der Waals surface area contributed by atoms with Crippen molar-refractivity contribution >= 4 is 5.69 Å². The van der Waals surface area contributed by atoms with E-state index in [0.717, 1.165) is 57.2 Å². The maximum Gasteiger partial charge on any atom is 0.129 e. The van der Waals surface area contributed by atoms with Gasteiger partial charge in [-0.05, 0) is 19.1 Å². The maximum atomic E-state index is 14.4. The molecule has 0 bridgehead atoms. The van der Waals surface area contributed by atoms with Crippen molar-refractivity contribution in [2.45, 2.75) is 19.5 Å². The molecule has 3 rings (SSSR count). The lowest BCUT2D eigenvalue weighted by atomic mass is 10.1. The van der Waals surface area contributed by atoms with Gasteiger partial charge < -0.3 is 15.0 Å². The summed E-state index contributed by atoms with van der Waals surface area (Å²) in [5.41, 5.74) is 1.76. The Morgan fingerprint density at radius 1 is 1.29 bits per heavy atom. The quantitative estimate of drug-likeness (QED) is 0.913. The van der Waals surface area contributed by atoms with Gasteiger partial charge in [-0.1, -0.05) is 6.07 Å². The van der Waals surface area contributed by atoms with Crippen LogP contribution in [0, 0.1) is 5.82 Å². The highest BCUT2D eigenvalue weighted by molar-refractivity contribution is 5.48. The van der Waals surface area contributed by atoms with Crippen LogP contribution in [0.1, 0.15) is 12.5 Å². The molecule has 1 N–H and O–H groups in total. The second-order valence-corrected chi connectivity index (χ2v) is 5.97. The molecule has 116 valence electrons. The van der Waals surface area contributed by atoms with Crippen LogP contribution in [0.25, 0.3) is 0 Å². The van der Waals surface area contributed by atoms with Gasteiger partial charge >= 0.3 is 0 Å². The molecule has 4 nitrogen and oxygen atoms in total. The minimum Gasteiger partial charge on any atom is -0.378 e. The Kier molecular flexibility index (Phi) is 4.73. The Hall–Kier alpha value is -1.17. The third kappa shape index (κ3) is 3.73. The molecule has 2 fully saturated rings. The Bertz CT molecular complexity index is 477. The third-order valence-corrected chi connectivity index (χ3v) is 4.26. The molecule has 2 heterocycles. The summed E-state index contributed by atoms with van der Waals surface area (Å²) in [5.74, 6) is -0.0924. The molecule has 0 spiro atoms. The van der Waals surface area contributed by atoms with Gasteiger partial charge in [0.2, 0.25) is 0 Å². The summed E-state index contributed by atoms with van der Waals surface area (Å²) < 4.78 is 19.7. The van der Waals surface area contributed by atoms with Gasteiger partial charge in [0.15, 0.2) is 0 Å². The molecule has 1 aromatic carbocycles. The van der Waals surface area contributed by atoms with Crippen LogP contribution in [0.3, 0.4) is 0 Å². The van der Waals surface area contributed by atoms with Crippen LogP contribution in [0.5, 0.6) is 0 Å². The smallest absolute Gasteiger partial charge is 0.129 e. The fraction of sp³-hybridized carbons (Fsp3) is 0.625. The summed E-state index contributed by atoms with van der Waals surface area (Å²) in [4.78, 5) is 4.50. The zero-order chi connectivity index (χ0) is 14.7. The highest BCUT2D eigenvalue weighted by Gasteiger charge is 2.18. The molecule has 5 heteroatoms. The molecule has 1 atom stereocenters. The molecule has 2 saturated heterocycles. The molecule has 1 aromatic rings. The van der Waals surface area contributed by atoms with Crippen molar-refractivity contribution in [1.29, 1.82) is 0 Å². The third-order valence-electron chi connectivity index (χ3n) is 4.26. The fourth-order valence-electron chi connectivity index (χ4n) is 3.08. The topological polar surface area (TPSA) is 27.7 Å². The molecule has 0 aromatic heterocycles. The number of ether oxygens (including phenoxy) is 1. The van der Waals surface area contributed by atoms with E-state index in [4.69, 9.17) is 4.74 Å². The highest BCUT2D eigenvalue weighted by atomic mass is 19.1. The first kappa shape index (κ1) is 14.8. The summed E-state index contributed by atoms with van der Waals surface area (Å²) in [6.45, 7) is 8.94. The SMILES string of the molecule is C[C@@H]1CN(Cc2ccc(N3CCOCC3)cc2F)CCN1. The minimum atomic E-state index is -0.0924. The number of anilines is 1. The average Bonchev–Trinajstić information content (AvgIpc) is 2.50. The highest BCUT2D eigenvalue weighted by Crippen LogP contribution is 2.21. The van der Waals surface area contributed by atoms with E-state index in [2.05, 4.69) is 22.0 Å².